The average Bonchev–Trinajstić information content (AvgIpc) is 3.34. The highest BCUT2D eigenvalue weighted by Crippen LogP contribution is 2.40. The normalized spacial score (nSPS) is 22.6. The second-order valence-electron chi connectivity index (χ2n) is 7.10. The highest BCUT2D eigenvalue weighted by Gasteiger charge is 2.37. The Labute approximate surface area is 149 Å². The third-order valence-electron chi connectivity index (χ3n) is 5.08. The fourth-order valence-corrected chi connectivity index (χ4v) is 4.56. The van der Waals surface area contributed by atoms with Crippen LogP contribution in [0.15, 0.2) is 12.4 Å². The predicted molar refractivity (Wildman–Crippen MR) is 94.3 cm³/mol. The molecule has 0 spiro atoms. The molecule has 2 N–H and O–H groups in total. The number of sulfonamides is 1. The zero-order valence-corrected chi connectivity index (χ0v) is 15.6. The first-order valence-corrected chi connectivity index (χ1v) is 10.5. The molecule has 1 aromatic rings. The van der Waals surface area contributed by atoms with E-state index in [1.807, 2.05) is 17.8 Å². The maximum atomic E-state index is 12.7. The molecule has 1 saturated heterocycles. The molecule has 0 aromatic carbocycles. The molecule has 8 nitrogen and oxygen atoms in total. The van der Waals surface area contributed by atoms with Crippen molar-refractivity contribution in [2.45, 2.75) is 31.7 Å². The van der Waals surface area contributed by atoms with Crippen molar-refractivity contribution in [2.75, 3.05) is 25.9 Å². The van der Waals surface area contributed by atoms with Gasteiger partial charge in [0, 0.05) is 32.5 Å². The number of aryl methyl sites for hydroxylation is 1. The van der Waals surface area contributed by atoms with Crippen molar-refractivity contribution in [2.24, 2.45) is 18.9 Å². The van der Waals surface area contributed by atoms with Crippen molar-refractivity contribution < 1.29 is 13.2 Å². The summed E-state index contributed by atoms with van der Waals surface area (Å²) in [5, 5.41) is 3.13. The van der Waals surface area contributed by atoms with E-state index in [2.05, 4.69) is 15.0 Å². The molecule has 2 aliphatic rings. The number of carbonyl (C=O) groups excluding carboxylic acids is 1. The third-order valence-corrected chi connectivity index (χ3v) is 6.61. The van der Waals surface area contributed by atoms with Gasteiger partial charge in [0.1, 0.15) is 5.82 Å². The molecule has 2 unspecified atom stereocenters. The van der Waals surface area contributed by atoms with Crippen LogP contribution >= 0.6 is 0 Å². The van der Waals surface area contributed by atoms with E-state index < -0.39 is 10.0 Å². The molecule has 25 heavy (non-hydrogen) atoms. The Bertz CT molecular complexity index is 713. The number of aromatic nitrogens is 2. The second kappa shape index (κ2) is 7.33. The number of carbonyl (C=O) groups is 1. The highest BCUT2D eigenvalue weighted by atomic mass is 32.2. The Balaban J connectivity index is 1.63. The van der Waals surface area contributed by atoms with Crippen LogP contribution < -0.4 is 10.0 Å². The van der Waals surface area contributed by atoms with E-state index in [1.54, 1.807) is 11.1 Å². The fraction of sp³-hybridized carbons (Fsp3) is 0.750. The SMILES string of the molecule is CNS(=O)(=O)CC1CCCN(C(=O)NC(c2nccn2C)C2CC2)C1. The number of hydrogen-bond acceptors (Lipinski definition) is 4. The van der Waals surface area contributed by atoms with Crippen LogP contribution in [0.2, 0.25) is 0 Å². The summed E-state index contributed by atoms with van der Waals surface area (Å²) >= 11 is 0. The first kappa shape index (κ1) is 18.2. The largest absolute Gasteiger partial charge is 0.336 e. The minimum Gasteiger partial charge on any atom is -0.336 e. The maximum Gasteiger partial charge on any atom is 0.318 e. The van der Waals surface area contributed by atoms with Crippen molar-refractivity contribution in [3.8, 4) is 0 Å². The quantitative estimate of drug-likeness (QED) is 0.777. The summed E-state index contributed by atoms with van der Waals surface area (Å²) in [5.74, 6) is 1.36. The number of amides is 2. The summed E-state index contributed by atoms with van der Waals surface area (Å²) in [6.07, 6.45) is 7.48. The maximum absolute atomic E-state index is 12.7. The Morgan fingerprint density at radius 3 is 2.76 bits per heavy atom. The van der Waals surface area contributed by atoms with Crippen molar-refractivity contribution in [3.63, 3.8) is 0 Å². The lowest BCUT2D eigenvalue weighted by atomic mass is 10.0. The molecule has 2 fully saturated rings. The van der Waals surface area contributed by atoms with Crippen LogP contribution in [0.5, 0.6) is 0 Å². The molecule has 9 heteroatoms. The van der Waals surface area contributed by atoms with Gasteiger partial charge in [-0.05, 0) is 44.6 Å². The molecule has 1 aliphatic carbocycles. The van der Waals surface area contributed by atoms with Crippen LogP contribution in [0.1, 0.15) is 37.5 Å². The Kier molecular flexibility index (Phi) is 5.33. The van der Waals surface area contributed by atoms with Gasteiger partial charge in [-0.1, -0.05) is 0 Å². The second-order valence-corrected chi connectivity index (χ2v) is 9.07. The molecule has 0 bridgehead atoms. The Morgan fingerprint density at radius 1 is 1.40 bits per heavy atom. The van der Waals surface area contributed by atoms with Crippen molar-refractivity contribution in [3.05, 3.63) is 18.2 Å². The standard InChI is InChI=1S/C16H27N5O3S/c1-17-25(23,24)11-12-4-3-8-21(10-12)16(22)19-14(13-5-6-13)15-18-7-9-20(15)2/h7,9,12-14,17H,3-6,8,10-11H2,1-2H3,(H,19,22). The van der Waals surface area contributed by atoms with Gasteiger partial charge >= 0.3 is 6.03 Å². The molecule has 1 aliphatic heterocycles. The number of likely N-dealkylation sites (tertiary alicyclic amines) is 1. The van der Waals surface area contributed by atoms with Crippen molar-refractivity contribution in [1.82, 2.24) is 24.5 Å². The van der Waals surface area contributed by atoms with E-state index in [-0.39, 0.29) is 23.7 Å². The van der Waals surface area contributed by atoms with Gasteiger partial charge < -0.3 is 14.8 Å². The number of piperidine rings is 1. The topological polar surface area (TPSA) is 96.3 Å². The summed E-state index contributed by atoms with van der Waals surface area (Å²) in [4.78, 5) is 18.9. The monoisotopic (exact) mass is 369 g/mol. The lowest BCUT2D eigenvalue weighted by Gasteiger charge is -2.33. The van der Waals surface area contributed by atoms with Crippen LogP contribution in [-0.4, -0.2) is 54.8 Å². The van der Waals surface area contributed by atoms with Crippen molar-refractivity contribution in [1.29, 1.82) is 0 Å². The van der Waals surface area contributed by atoms with Gasteiger partial charge in [-0.3, -0.25) is 0 Å². The van der Waals surface area contributed by atoms with Crippen LogP contribution in [-0.2, 0) is 17.1 Å². The summed E-state index contributed by atoms with van der Waals surface area (Å²) in [6.45, 7) is 1.14. The third kappa shape index (κ3) is 4.52. The molecule has 2 amide bonds. The summed E-state index contributed by atoms with van der Waals surface area (Å²) in [5.41, 5.74) is 0. The first-order valence-electron chi connectivity index (χ1n) is 8.83. The number of hydrogen-bond donors (Lipinski definition) is 2. The molecule has 2 heterocycles. The molecule has 0 radical (unpaired) electrons. The number of nitrogens with zero attached hydrogens (tertiary/aromatic N) is 3. The van der Waals surface area contributed by atoms with Gasteiger partial charge in [-0.2, -0.15) is 0 Å². The highest BCUT2D eigenvalue weighted by molar-refractivity contribution is 7.89. The van der Waals surface area contributed by atoms with Gasteiger partial charge in [-0.25, -0.2) is 22.9 Å². The zero-order chi connectivity index (χ0) is 18.0. The lowest BCUT2D eigenvalue weighted by Crippen LogP contribution is -2.48. The van der Waals surface area contributed by atoms with Crippen LogP contribution in [0.25, 0.3) is 0 Å². The fourth-order valence-electron chi connectivity index (χ4n) is 3.50. The molecule has 1 saturated carbocycles. The smallest absolute Gasteiger partial charge is 0.318 e. The Morgan fingerprint density at radius 2 is 2.16 bits per heavy atom. The number of nitrogens with one attached hydrogen (secondary N) is 2. The summed E-state index contributed by atoms with van der Waals surface area (Å²) in [6, 6.07) is -0.194. The zero-order valence-electron chi connectivity index (χ0n) is 14.8. The molecular weight excluding hydrogens is 342 g/mol. The molecule has 140 valence electrons. The van der Waals surface area contributed by atoms with E-state index in [4.69, 9.17) is 0 Å². The van der Waals surface area contributed by atoms with Gasteiger partial charge in [0.25, 0.3) is 0 Å². The van der Waals surface area contributed by atoms with Crippen molar-refractivity contribution >= 4 is 16.1 Å². The summed E-state index contributed by atoms with van der Waals surface area (Å²) in [7, 11) is 0.103. The van der Waals surface area contributed by atoms with E-state index in [0.717, 1.165) is 31.5 Å². The minimum atomic E-state index is -3.26. The molecule has 2 atom stereocenters. The summed E-state index contributed by atoms with van der Waals surface area (Å²) < 4.78 is 27.8. The van der Waals surface area contributed by atoms with Crippen LogP contribution in [0.3, 0.4) is 0 Å². The first-order chi connectivity index (χ1) is 11.9. The van der Waals surface area contributed by atoms with Crippen LogP contribution in [0.4, 0.5) is 4.79 Å². The van der Waals surface area contributed by atoms with Crippen LogP contribution in [0, 0.1) is 11.8 Å². The number of rotatable bonds is 6. The van der Waals surface area contributed by atoms with E-state index in [1.165, 1.54) is 7.05 Å². The predicted octanol–water partition coefficient (Wildman–Crippen LogP) is 0.842. The Hall–Kier alpha value is -1.61. The van der Waals surface area contributed by atoms with Gasteiger partial charge in [-0.15, -0.1) is 0 Å². The van der Waals surface area contributed by atoms with Gasteiger partial charge in [0.2, 0.25) is 10.0 Å². The number of imidazole rings is 1. The van der Waals surface area contributed by atoms with E-state index >= 15 is 0 Å². The number of urea groups is 1. The lowest BCUT2D eigenvalue weighted by molar-refractivity contribution is 0.165. The minimum absolute atomic E-state index is 0.0236. The molecule has 3 rings (SSSR count). The van der Waals surface area contributed by atoms with E-state index in [0.29, 0.717) is 19.0 Å². The van der Waals surface area contributed by atoms with Gasteiger partial charge in [0.05, 0.1) is 11.8 Å². The van der Waals surface area contributed by atoms with Gasteiger partial charge in [0.15, 0.2) is 0 Å². The molecule has 1 aromatic heterocycles. The average molecular weight is 369 g/mol. The van der Waals surface area contributed by atoms with E-state index in [9.17, 15) is 13.2 Å². The molecular formula is C16H27N5O3S.